The number of hydrogen-bond donors (Lipinski definition) is 1. The van der Waals surface area contributed by atoms with Gasteiger partial charge in [-0.15, -0.1) is 12.4 Å². The summed E-state index contributed by atoms with van der Waals surface area (Å²) in [5.41, 5.74) is 0.520. The first-order valence-electron chi connectivity index (χ1n) is 8.50. The summed E-state index contributed by atoms with van der Waals surface area (Å²) in [6.45, 7) is 6.16. The molecule has 1 amide bonds. The SMILES string of the molecule is CCN(CC)C(=O)c1ccc(S(=O)(=O)N2CCC(NC)CC2)cc1.Cl. The molecule has 0 atom stereocenters. The number of hydrogen-bond acceptors (Lipinski definition) is 4. The smallest absolute Gasteiger partial charge is 0.253 e. The van der Waals surface area contributed by atoms with E-state index >= 15 is 0 Å². The predicted octanol–water partition coefficient (Wildman–Crippen LogP) is 1.96. The highest BCUT2D eigenvalue weighted by Gasteiger charge is 2.29. The van der Waals surface area contributed by atoms with Gasteiger partial charge in [-0.3, -0.25) is 4.79 Å². The number of carbonyl (C=O) groups is 1. The van der Waals surface area contributed by atoms with Crippen molar-refractivity contribution < 1.29 is 13.2 Å². The summed E-state index contributed by atoms with van der Waals surface area (Å²) in [4.78, 5) is 14.3. The maximum atomic E-state index is 12.7. The van der Waals surface area contributed by atoms with Gasteiger partial charge in [0, 0.05) is 37.8 Å². The monoisotopic (exact) mass is 389 g/mol. The van der Waals surface area contributed by atoms with Crippen LogP contribution < -0.4 is 5.32 Å². The number of nitrogens with one attached hydrogen (secondary N) is 1. The van der Waals surface area contributed by atoms with Crippen LogP contribution in [0, 0.1) is 0 Å². The Kier molecular flexibility index (Phi) is 8.34. The highest BCUT2D eigenvalue weighted by atomic mass is 35.5. The number of piperidine rings is 1. The van der Waals surface area contributed by atoms with Crippen molar-refractivity contribution in [1.29, 1.82) is 0 Å². The Hall–Kier alpha value is -1.15. The molecule has 1 fully saturated rings. The van der Waals surface area contributed by atoms with Crippen LogP contribution in [0.2, 0.25) is 0 Å². The van der Waals surface area contributed by atoms with Crippen LogP contribution in [0.15, 0.2) is 29.2 Å². The molecule has 0 bridgehead atoms. The first kappa shape index (κ1) is 21.9. The van der Waals surface area contributed by atoms with Gasteiger partial charge in [-0.1, -0.05) is 0 Å². The molecule has 0 spiro atoms. The second-order valence-electron chi connectivity index (χ2n) is 5.97. The molecule has 1 heterocycles. The van der Waals surface area contributed by atoms with Crippen LogP contribution in [-0.2, 0) is 10.0 Å². The average molecular weight is 390 g/mol. The Labute approximate surface area is 157 Å². The largest absolute Gasteiger partial charge is 0.339 e. The summed E-state index contributed by atoms with van der Waals surface area (Å²) < 4.78 is 27.0. The fourth-order valence-electron chi connectivity index (χ4n) is 3.00. The number of amides is 1. The fraction of sp³-hybridized carbons (Fsp3) is 0.588. The third-order valence-corrected chi connectivity index (χ3v) is 6.56. The van der Waals surface area contributed by atoms with E-state index in [4.69, 9.17) is 0 Å². The van der Waals surface area contributed by atoms with Gasteiger partial charge in [-0.25, -0.2) is 8.42 Å². The molecule has 6 nitrogen and oxygen atoms in total. The lowest BCUT2D eigenvalue weighted by Gasteiger charge is -2.31. The van der Waals surface area contributed by atoms with E-state index in [9.17, 15) is 13.2 Å². The summed E-state index contributed by atoms with van der Waals surface area (Å²) in [6.07, 6.45) is 1.63. The highest BCUT2D eigenvalue weighted by molar-refractivity contribution is 7.89. The summed E-state index contributed by atoms with van der Waals surface area (Å²) >= 11 is 0. The molecular weight excluding hydrogens is 362 g/mol. The molecule has 1 N–H and O–H groups in total. The minimum atomic E-state index is -3.49. The van der Waals surface area contributed by atoms with E-state index in [1.54, 1.807) is 17.0 Å². The fourth-order valence-corrected chi connectivity index (χ4v) is 4.47. The van der Waals surface area contributed by atoms with Crippen molar-refractivity contribution in [2.24, 2.45) is 0 Å². The number of rotatable bonds is 6. The summed E-state index contributed by atoms with van der Waals surface area (Å²) in [5.74, 6) is -0.0706. The Balaban J connectivity index is 0.00000312. The zero-order valence-corrected chi connectivity index (χ0v) is 16.7. The van der Waals surface area contributed by atoms with Crippen LogP contribution in [-0.4, -0.2) is 62.8 Å². The van der Waals surface area contributed by atoms with Crippen LogP contribution in [0.25, 0.3) is 0 Å². The molecule has 1 saturated heterocycles. The minimum absolute atomic E-state index is 0. The quantitative estimate of drug-likeness (QED) is 0.807. The maximum Gasteiger partial charge on any atom is 0.253 e. The van der Waals surface area contributed by atoms with Gasteiger partial charge in [0.15, 0.2) is 0 Å². The van der Waals surface area contributed by atoms with Crippen LogP contribution in [0.5, 0.6) is 0 Å². The molecule has 1 aliphatic heterocycles. The molecule has 2 rings (SSSR count). The lowest BCUT2D eigenvalue weighted by molar-refractivity contribution is 0.0773. The zero-order valence-electron chi connectivity index (χ0n) is 15.1. The van der Waals surface area contributed by atoms with E-state index in [0.29, 0.717) is 37.8 Å². The minimum Gasteiger partial charge on any atom is -0.339 e. The van der Waals surface area contributed by atoms with Gasteiger partial charge in [0.2, 0.25) is 10.0 Å². The van der Waals surface area contributed by atoms with Gasteiger partial charge in [0.05, 0.1) is 4.90 Å². The second kappa shape index (κ2) is 9.52. The van der Waals surface area contributed by atoms with Gasteiger partial charge in [0.25, 0.3) is 5.91 Å². The molecule has 0 saturated carbocycles. The number of halogens is 1. The summed E-state index contributed by atoms with van der Waals surface area (Å²) in [6, 6.07) is 6.67. The van der Waals surface area contributed by atoms with E-state index in [1.807, 2.05) is 20.9 Å². The van der Waals surface area contributed by atoms with E-state index in [2.05, 4.69) is 5.32 Å². The third kappa shape index (κ3) is 4.94. The van der Waals surface area contributed by atoms with Gasteiger partial charge < -0.3 is 10.2 Å². The Morgan fingerprint density at radius 1 is 1.16 bits per heavy atom. The summed E-state index contributed by atoms with van der Waals surface area (Å²) in [7, 11) is -1.58. The van der Waals surface area contributed by atoms with Crippen molar-refractivity contribution >= 4 is 28.3 Å². The van der Waals surface area contributed by atoms with Crippen molar-refractivity contribution in [2.45, 2.75) is 37.6 Å². The Morgan fingerprint density at radius 3 is 2.12 bits per heavy atom. The van der Waals surface area contributed by atoms with Gasteiger partial charge in [-0.2, -0.15) is 4.31 Å². The number of carbonyl (C=O) groups excluding carboxylic acids is 1. The lowest BCUT2D eigenvalue weighted by atomic mass is 10.1. The van der Waals surface area contributed by atoms with Gasteiger partial charge in [-0.05, 0) is 58.0 Å². The van der Waals surface area contributed by atoms with Crippen LogP contribution in [0.1, 0.15) is 37.0 Å². The second-order valence-corrected chi connectivity index (χ2v) is 7.91. The maximum absolute atomic E-state index is 12.7. The van der Waals surface area contributed by atoms with E-state index in [0.717, 1.165) is 12.8 Å². The molecule has 0 radical (unpaired) electrons. The molecule has 1 aromatic carbocycles. The molecule has 1 aliphatic rings. The van der Waals surface area contributed by atoms with Crippen molar-refractivity contribution in [3.05, 3.63) is 29.8 Å². The van der Waals surface area contributed by atoms with Crippen LogP contribution >= 0.6 is 12.4 Å². The first-order chi connectivity index (χ1) is 11.4. The molecule has 142 valence electrons. The Bertz CT molecular complexity index is 652. The standard InChI is InChI=1S/C17H27N3O3S.ClH/c1-4-19(5-2)17(21)14-6-8-16(9-7-14)24(22,23)20-12-10-15(18-3)11-13-20;/h6-9,15,18H,4-5,10-13H2,1-3H3;1H. The number of nitrogens with zero attached hydrogens (tertiary/aromatic N) is 2. The van der Waals surface area contributed by atoms with Crippen molar-refractivity contribution in [1.82, 2.24) is 14.5 Å². The van der Waals surface area contributed by atoms with E-state index in [-0.39, 0.29) is 23.2 Å². The average Bonchev–Trinajstić information content (AvgIpc) is 2.62. The van der Waals surface area contributed by atoms with Gasteiger partial charge in [0.1, 0.15) is 0 Å². The third-order valence-electron chi connectivity index (χ3n) is 4.65. The normalized spacial score (nSPS) is 16.3. The first-order valence-corrected chi connectivity index (χ1v) is 9.94. The molecule has 25 heavy (non-hydrogen) atoms. The highest BCUT2D eigenvalue weighted by Crippen LogP contribution is 2.21. The topological polar surface area (TPSA) is 69.7 Å². The predicted molar refractivity (Wildman–Crippen MR) is 102 cm³/mol. The van der Waals surface area contributed by atoms with Gasteiger partial charge >= 0.3 is 0 Å². The molecule has 1 aromatic rings. The lowest BCUT2D eigenvalue weighted by Crippen LogP contribution is -2.43. The number of sulfonamides is 1. The van der Waals surface area contributed by atoms with Crippen molar-refractivity contribution in [3.63, 3.8) is 0 Å². The molecule has 0 aliphatic carbocycles. The van der Waals surface area contributed by atoms with Crippen LogP contribution in [0.3, 0.4) is 0 Å². The van der Waals surface area contributed by atoms with Crippen LogP contribution in [0.4, 0.5) is 0 Å². The van der Waals surface area contributed by atoms with Crippen molar-refractivity contribution in [3.8, 4) is 0 Å². The molecule has 0 unspecified atom stereocenters. The van der Waals surface area contributed by atoms with E-state index in [1.165, 1.54) is 16.4 Å². The summed E-state index contributed by atoms with van der Waals surface area (Å²) in [5, 5.41) is 3.19. The van der Waals surface area contributed by atoms with E-state index < -0.39 is 10.0 Å². The van der Waals surface area contributed by atoms with Crippen molar-refractivity contribution in [2.75, 3.05) is 33.2 Å². The number of benzene rings is 1. The molecule has 0 aromatic heterocycles. The Morgan fingerprint density at radius 2 is 1.68 bits per heavy atom. The zero-order chi connectivity index (χ0) is 17.7. The molecular formula is C17H28ClN3O3S. The molecule has 8 heteroatoms.